The van der Waals surface area contributed by atoms with Gasteiger partial charge in [0.15, 0.2) is 0 Å². The van der Waals surface area contributed by atoms with Gasteiger partial charge in [-0.3, -0.25) is 0 Å². The summed E-state index contributed by atoms with van der Waals surface area (Å²) in [6.45, 7) is 6.30. The molecule has 9 rings (SSSR count). The lowest BCUT2D eigenvalue weighted by atomic mass is 9.90. The van der Waals surface area contributed by atoms with E-state index in [0.29, 0.717) is 0 Å². The zero-order valence-corrected chi connectivity index (χ0v) is 31.1. The molecule has 2 nitrogen and oxygen atoms in total. The molecule has 8 aromatic rings. The third-order valence-electron chi connectivity index (χ3n) is 10.7. The molecule has 0 atom stereocenters. The maximum Gasteiger partial charge on any atom is 0.0542 e. The fourth-order valence-corrected chi connectivity index (χ4v) is 8.29. The van der Waals surface area contributed by atoms with Crippen molar-refractivity contribution in [1.29, 1.82) is 0 Å². The van der Waals surface area contributed by atoms with Crippen LogP contribution in [0.5, 0.6) is 0 Å². The molecule has 0 amide bonds. The largest absolute Gasteiger partial charge is 0.310 e. The topological polar surface area (TPSA) is 8.17 Å². The van der Waals surface area contributed by atoms with Crippen LogP contribution in [0.3, 0.4) is 0 Å². The SMILES string of the molecule is C=C/C=C(\C=C/CC)C1=c2ccccc2=C(c2ccccc2)c2ccc(N(c3ccccc3)c3ccc4c(c3)c3ccccc3n4-c3ccccc3)cc2C1. The number of anilines is 3. The van der Waals surface area contributed by atoms with Crippen LogP contribution in [0.15, 0.2) is 212 Å². The van der Waals surface area contributed by atoms with Gasteiger partial charge in [-0.25, -0.2) is 0 Å². The van der Waals surface area contributed by atoms with Gasteiger partial charge in [0.25, 0.3) is 0 Å². The van der Waals surface area contributed by atoms with Gasteiger partial charge >= 0.3 is 0 Å². The number of hydrogen-bond acceptors (Lipinski definition) is 1. The van der Waals surface area contributed by atoms with Crippen molar-refractivity contribution in [3.8, 4) is 5.69 Å². The maximum absolute atomic E-state index is 4.12. The van der Waals surface area contributed by atoms with Crippen LogP contribution >= 0.6 is 0 Å². The van der Waals surface area contributed by atoms with E-state index in [4.69, 9.17) is 0 Å². The minimum Gasteiger partial charge on any atom is -0.310 e. The van der Waals surface area contributed by atoms with Gasteiger partial charge in [-0.1, -0.05) is 153 Å². The number of hydrogen-bond donors (Lipinski definition) is 0. The zero-order chi connectivity index (χ0) is 37.1. The van der Waals surface area contributed by atoms with Crippen molar-refractivity contribution < 1.29 is 0 Å². The second-order valence-corrected chi connectivity index (χ2v) is 14.0. The summed E-state index contributed by atoms with van der Waals surface area (Å²) >= 11 is 0. The molecule has 0 bridgehead atoms. The van der Waals surface area contributed by atoms with E-state index < -0.39 is 0 Å². The third kappa shape index (κ3) is 6.22. The van der Waals surface area contributed by atoms with Crippen LogP contribution in [0.25, 0.3) is 38.6 Å². The van der Waals surface area contributed by atoms with E-state index in [9.17, 15) is 0 Å². The molecule has 1 heterocycles. The highest BCUT2D eigenvalue weighted by Crippen LogP contribution is 2.41. The molecular formula is C53H42N2. The molecule has 55 heavy (non-hydrogen) atoms. The van der Waals surface area contributed by atoms with Gasteiger partial charge in [0.1, 0.15) is 0 Å². The summed E-state index contributed by atoms with van der Waals surface area (Å²) < 4.78 is 2.38. The number of fused-ring (bicyclic) bond motifs is 5. The molecule has 0 unspecified atom stereocenters. The zero-order valence-electron chi connectivity index (χ0n) is 31.1. The van der Waals surface area contributed by atoms with E-state index in [1.54, 1.807) is 0 Å². The van der Waals surface area contributed by atoms with Crippen molar-refractivity contribution in [2.24, 2.45) is 0 Å². The van der Waals surface area contributed by atoms with Crippen LogP contribution in [0.1, 0.15) is 30.0 Å². The maximum atomic E-state index is 4.12. The molecule has 7 aromatic carbocycles. The Labute approximate surface area is 323 Å². The summed E-state index contributed by atoms with van der Waals surface area (Å²) in [5.41, 5.74) is 14.4. The number of allylic oxidation sites excluding steroid dienone is 5. The van der Waals surface area contributed by atoms with Crippen molar-refractivity contribution in [2.75, 3.05) is 4.90 Å². The van der Waals surface area contributed by atoms with E-state index in [-0.39, 0.29) is 0 Å². The summed E-state index contributed by atoms with van der Waals surface area (Å²) in [6, 6.07) is 63.9. The van der Waals surface area contributed by atoms with Gasteiger partial charge in [0.05, 0.1) is 11.0 Å². The molecular weight excluding hydrogens is 665 g/mol. The number of para-hydroxylation sites is 3. The number of rotatable bonds is 9. The fourth-order valence-electron chi connectivity index (χ4n) is 8.29. The Balaban J connectivity index is 1.29. The summed E-state index contributed by atoms with van der Waals surface area (Å²) in [4.78, 5) is 2.41. The Hall–Kier alpha value is -6.90. The number of aromatic nitrogens is 1. The van der Waals surface area contributed by atoms with Crippen LogP contribution in [-0.2, 0) is 6.42 Å². The van der Waals surface area contributed by atoms with E-state index in [1.165, 1.54) is 65.7 Å². The Morgan fingerprint density at radius 1 is 0.618 bits per heavy atom. The molecule has 1 aliphatic rings. The van der Waals surface area contributed by atoms with Crippen molar-refractivity contribution in [3.63, 3.8) is 0 Å². The van der Waals surface area contributed by atoms with E-state index in [1.807, 2.05) is 6.08 Å². The smallest absolute Gasteiger partial charge is 0.0542 e. The molecule has 2 heteroatoms. The highest BCUT2D eigenvalue weighted by atomic mass is 15.1. The average molecular weight is 707 g/mol. The Morgan fingerprint density at radius 2 is 1.25 bits per heavy atom. The van der Waals surface area contributed by atoms with Crippen molar-refractivity contribution >= 4 is 50.0 Å². The summed E-state index contributed by atoms with van der Waals surface area (Å²) in [5.74, 6) is 0. The molecule has 0 spiro atoms. The van der Waals surface area contributed by atoms with E-state index in [0.717, 1.165) is 35.6 Å². The summed E-state index contributed by atoms with van der Waals surface area (Å²) in [6.07, 6.45) is 10.3. The summed E-state index contributed by atoms with van der Waals surface area (Å²) in [5, 5.41) is 4.96. The minimum absolute atomic E-state index is 0.774. The molecule has 0 N–H and O–H groups in total. The first-order chi connectivity index (χ1) is 27.2. The monoisotopic (exact) mass is 706 g/mol. The molecule has 0 fully saturated rings. The third-order valence-corrected chi connectivity index (χ3v) is 10.7. The average Bonchev–Trinajstić information content (AvgIpc) is 3.49. The lowest BCUT2D eigenvalue weighted by Gasteiger charge is -2.27. The quantitative estimate of drug-likeness (QED) is 0.136. The molecule has 264 valence electrons. The molecule has 0 saturated heterocycles. The lowest BCUT2D eigenvalue weighted by molar-refractivity contribution is 1.18. The highest BCUT2D eigenvalue weighted by Gasteiger charge is 2.22. The summed E-state index contributed by atoms with van der Waals surface area (Å²) in [7, 11) is 0. The van der Waals surface area contributed by atoms with E-state index in [2.05, 4.69) is 217 Å². The van der Waals surface area contributed by atoms with Gasteiger partial charge in [0.2, 0.25) is 0 Å². The Kier molecular flexibility index (Phi) is 9.15. The standard InChI is InChI=1S/C53H42N2/c1-3-5-20-38(19-4-2)49-36-40-35-43(31-33-45(40)53(39-21-9-6-10-22-39)48-29-16-15-27-46(48)49)54(41-23-11-7-12-24-41)44-32-34-52-50(37-44)47-28-17-18-30-51(47)55(52)42-25-13-8-14-26-42/h4-35,37H,2-3,36H2,1H3/b20-5-,38-19+. The van der Waals surface area contributed by atoms with Crippen molar-refractivity contribution in [1.82, 2.24) is 4.57 Å². The van der Waals surface area contributed by atoms with Gasteiger partial charge in [0, 0.05) is 33.5 Å². The predicted molar refractivity (Wildman–Crippen MR) is 234 cm³/mol. The van der Waals surface area contributed by atoms with Gasteiger partial charge < -0.3 is 9.47 Å². The first kappa shape index (κ1) is 33.9. The van der Waals surface area contributed by atoms with E-state index >= 15 is 0 Å². The second-order valence-electron chi connectivity index (χ2n) is 14.0. The van der Waals surface area contributed by atoms with Crippen LogP contribution in [-0.4, -0.2) is 4.57 Å². The first-order valence-corrected chi connectivity index (χ1v) is 19.2. The van der Waals surface area contributed by atoms with Gasteiger partial charge in [-0.2, -0.15) is 0 Å². The van der Waals surface area contributed by atoms with Crippen molar-refractivity contribution in [2.45, 2.75) is 19.8 Å². The van der Waals surface area contributed by atoms with Gasteiger partial charge in [-0.05, 0) is 117 Å². The normalized spacial score (nSPS) is 12.9. The molecule has 0 radical (unpaired) electrons. The van der Waals surface area contributed by atoms with Crippen LogP contribution < -0.4 is 15.3 Å². The minimum atomic E-state index is 0.774. The Bertz CT molecular complexity index is 2880. The van der Waals surface area contributed by atoms with Crippen molar-refractivity contribution in [3.05, 3.63) is 240 Å². The Morgan fingerprint density at radius 3 is 2.02 bits per heavy atom. The van der Waals surface area contributed by atoms with Crippen LogP contribution in [0.4, 0.5) is 17.1 Å². The molecule has 1 aliphatic carbocycles. The highest BCUT2D eigenvalue weighted by molar-refractivity contribution is 6.10. The lowest BCUT2D eigenvalue weighted by Crippen LogP contribution is -2.29. The predicted octanol–water partition coefficient (Wildman–Crippen LogP) is 12.3. The second kappa shape index (κ2) is 14.9. The molecule has 0 aliphatic heterocycles. The van der Waals surface area contributed by atoms with Crippen LogP contribution in [0.2, 0.25) is 0 Å². The molecule has 1 aromatic heterocycles. The first-order valence-electron chi connectivity index (χ1n) is 19.2. The fraction of sp³-hybridized carbons (Fsp3) is 0.0566. The number of benzene rings is 7. The molecule has 0 saturated carbocycles. The number of nitrogens with zero attached hydrogens (tertiary/aromatic N) is 2. The van der Waals surface area contributed by atoms with Crippen LogP contribution in [0, 0.1) is 0 Å². The van der Waals surface area contributed by atoms with Gasteiger partial charge in [-0.15, -0.1) is 0 Å².